The fourth-order valence-corrected chi connectivity index (χ4v) is 3.72. The lowest BCUT2D eigenvalue weighted by molar-refractivity contribution is -0.122. The van der Waals surface area contributed by atoms with Crippen LogP contribution in [0.5, 0.6) is 0 Å². The number of β-amino-alcohol motifs (C(OH)–C–C–N with tert-alkyl or cyclic N) is 1. The van der Waals surface area contributed by atoms with E-state index in [4.69, 9.17) is 5.73 Å². The number of aliphatic hydroxyl groups excluding tert-OH is 1. The number of sulfonamides is 1. The van der Waals surface area contributed by atoms with E-state index in [0.717, 1.165) is 24.7 Å². The van der Waals surface area contributed by atoms with Crippen LogP contribution in [-0.2, 0) is 20.2 Å². The summed E-state index contributed by atoms with van der Waals surface area (Å²) >= 11 is 0. The molecule has 0 aromatic heterocycles. The van der Waals surface area contributed by atoms with Gasteiger partial charge in [0.05, 0.1) is 24.9 Å². The minimum atomic E-state index is -3.21. The van der Waals surface area contributed by atoms with Gasteiger partial charge in [-0.05, 0) is 37.0 Å². The molecule has 0 bridgehead atoms. The van der Waals surface area contributed by atoms with Crippen molar-refractivity contribution in [2.24, 2.45) is 5.73 Å². The normalized spacial score (nSPS) is 26.5. The van der Waals surface area contributed by atoms with E-state index in [1.807, 2.05) is 24.3 Å². The van der Waals surface area contributed by atoms with E-state index in [0.29, 0.717) is 12.2 Å². The van der Waals surface area contributed by atoms with Gasteiger partial charge < -0.3 is 15.7 Å². The monoisotopic (exact) mass is 353 g/mol. The first kappa shape index (κ1) is 17.3. The first-order chi connectivity index (χ1) is 11.2. The van der Waals surface area contributed by atoms with Crippen molar-refractivity contribution in [2.45, 2.75) is 36.8 Å². The molecular formula is C16H23N3O4S. The highest BCUT2D eigenvalue weighted by Crippen LogP contribution is 2.48. The summed E-state index contributed by atoms with van der Waals surface area (Å²) in [6, 6.07) is 6.83. The number of piperidine rings is 1. The lowest BCUT2D eigenvalue weighted by atomic mass is 9.95. The number of carbonyl (C=O) groups is 1. The Hall–Kier alpha value is -1.48. The number of rotatable bonds is 5. The molecule has 1 heterocycles. The number of aliphatic hydroxyl groups is 1. The van der Waals surface area contributed by atoms with E-state index < -0.39 is 22.2 Å². The first-order valence-electron chi connectivity index (χ1n) is 8.00. The Bertz CT molecular complexity index is 728. The van der Waals surface area contributed by atoms with Gasteiger partial charge in [0.25, 0.3) is 0 Å². The summed E-state index contributed by atoms with van der Waals surface area (Å²) in [5.41, 5.74) is 7.37. The van der Waals surface area contributed by atoms with Crippen LogP contribution in [0.2, 0.25) is 0 Å². The number of carbonyl (C=O) groups excluding carboxylic acids is 1. The van der Waals surface area contributed by atoms with Crippen LogP contribution in [0.3, 0.4) is 0 Å². The van der Waals surface area contributed by atoms with Gasteiger partial charge in [-0.3, -0.25) is 4.79 Å². The summed E-state index contributed by atoms with van der Waals surface area (Å²) in [6.45, 7) is 0.629. The van der Waals surface area contributed by atoms with Gasteiger partial charge >= 0.3 is 0 Å². The number of nitrogens with two attached hydrogens (primary N) is 1. The van der Waals surface area contributed by atoms with Gasteiger partial charge in [-0.25, -0.2) is 13.1 Å². The fourth-order valence-electron chi connectivity index (χ4n) is 3.18. The summed E-state index contributed by atoms with van der Waals surface area (Å²) in [4.78, 5) is 13.7. The molecule has 0 spiro atoms. The molecule has 132 valence electrons. The van der Waals surface area contributed by atoms with Gasteiger partial charge in [0.15, 0.2) is 0 Å². The van der Waals surface area contributed by atoms with E-state index in [1.165, 1.54) is 4.90 Å². The zero-order valence-corrected chi connectivity index (χ0v) is 14.4. The van der Waals surface area contributed by atoms with Crippen molar-refractivity contribution in [3.8, 4) is 0 Å². The predicted octanol–water partition coefficient (Wildman–Crippen LogP) is -0.308. The van der Waals surface area contributed by atoms with Gasteiger partial charge in [-0.2, -0.15) is 0 Å². The summed E-state index contributed by atoms with van der Waals surface area (Å²) in [7, 11) is -3.21. The van der Waals surface area contributed by atoms with E-state index in [1.54, 1.807) is 0 Å². The molecule has 7 nitrogen and oxygen atoms in total. The highest BCUT2D eigenvalue weighted by atomic mass is 32.2. The number of nitrogens with zero attached hydrogens (tertiary/aromatic N) is 1. The second-order valence-electron chi connectivity index (χ2n) is 6.87. The fraction of sp³-hybridized carbons (Fsp3) is 0.562. The van der Waals surface area contributed by atoms with Crippen molar-refractivity contribution < 1.29 is 18.3 Å². The summed E-state index contributed by atoms with van der Waals surface area (Å²) < 4.78 is 25.2. The van der Waals surface area contributed by atoms with Gasteiger partial charge in [0.2, 0.25) is 15.9 Å². The molecule has 1 aromatic rings. The van der Waals surface area contributed by atoms with Crippen LogP contribution in [0.4, 0.5) is 5.69 Å². The molecule has 1 aromatic carbocycles. The van der Waals surface area contributed by atoms with Gasteiger partial charge in [0.1, 0.15) is 0 Å². The summed E-state index contributed by atoms with van der Waals surface area (Å²) in [6.07, 6.45) is 2.68. The molecule has 8 heteroatoms. The van der Waals surface area contributed by atoms with E-state index in [2.05, 4.69) is 4.72 Å². The van der Waals surface area contributed by atoms with Crippen molar-refractivity contribution in [1.29, 1.82) is 0 Å². The quantitative estimate of drug-likeness (QED) is 0.672. The third-order valence-corrected chi connectivity index (χ3v) is 5.49. The predicted molar refractivity (Wildman–Crippen MR) is 91.2 cm³/mol. The maximum absolute atomic E-state index is 12.2. The second-order valence-corrected chi connectivity index (χ2v) is 8.70. The zero-order chi connectivity index (χ0) is 17.5. The van der Waals surface area contributed by atoms with Crippen LogP contribution in [0.25, 0.3) is 0 Å². The third-order valence-electron chi connectivity index (χ3n) is 4.82. The molecule has 2 unspecified atom stereocenters. The van der Waals surface area contributed by atoms with Gasteiger partial charge in [0, 0.05) is 17.6 Å². The average Bonchev–Trinajstić information content (AvgIpc) is 3.30. The SMILES string of the molecule is CS(=O)(=O)NCC1(c2ccc(N3CC(O)CC(N)C3=O)cc2)CC1. The highest BCUT2D eigenvalue weighted by Gasteiger charge is 2.44. The minimum absolute atomic E-state index is 0.149. The highest BCUT2D eigenvalue weighted by molar-refractivity contribution is 7.88. The Labute approximate surface area is 141 Å². The lowest BCUT2D eigenvalue weighted by Gasteiger charge is -2.33. The number of benzene rings is 1. The van der Waals surface area contributed by atoms with Crippen molar-refractivity contribution in [3.63, 3.8) is 0 Å². The molecule has 1 aliphatic carbocycles. The Kier molecular flexibility index (Phi) is 4.41. The smallest absolute Gasteiger partial charge is 0.244 e. The third kappa shape index (κ3) is 3.61. The van der Waals surface area contributed by atoms with Crippen molar-refractivity contribution in [3.05, 3.63) is 29.8 Å². The Morgan fingerprint density at radius 2 is 1.96 bits per heavy atom. The van der Waals surface area contributed by atoms with Crippen molar-refractivity contribution >= 4 is 21.6 Å². The maximum atomic E-state index is 12.2. The second kappa shape index (κ2) is 6.11. The molecule has 2 aliphatic rings. The Morgan fingerprint density at radius 1 is 1.33 bits per heavy atom. The molecule has 1 saturated heterocycles. The standard InChI is InChI=1S/C16H23N3O4S/c1-24(22,23)18-10-16(6-7-16)11-2-4-12(5-3-11)19-9-13(20)8-14(17)15(19)21/h2-5,13-14,18,20H,6-10,17H2,1H3. The minimum Gasteiger partial charge on any atom is -0.391 e. The van der Waals surface area contributed by atoms with Crippen LogP contribution in [0, 0.1) is 0 Å². The molecule has 1 amide bonds. The molecule has 4 N–H and O–H groups in total. The van der Waals surface area contributed by atoms with Crippen LogP contribution < -0.4 is 15.4 Å². The first-order valence-corrected chi connectivity index (χ1v) is 9.90. The molecule has 0 radical (unpaired) electrons. The van der Waals surface area contributed by atoms with E-state index in [9.17, 15) is 18.3 Å². The maximum Gasteiger partial charge on any atom is 0.244 e. The molecule has 1 aliphatic heterocycles. The van der Waals surface area contributed by atoms with Crippen LogP contribution >= 0.6 is 0 Å². The number of anilines is 1. The summed E-state index contributed by atoms with van der Waals surface area (Å²) in [5.74, 6) is -0.187. The number of hydrogen-bond donors (Lipinski definition) is 3. The molecular weight excluding hydrogens is 330 g/mol. The van der Waals surface area contributed by atoms with Gasteiger partial charge in [-0.1, -0.05) is 12.1 Å². The number of hydrogen-bond acceptors (Lipinski definition) is 5. The topological polar surface area (TPSA) is 113 Å². The molecule has 24 heavy (non-hydrogen) atoms. The van der Waals surface area contributed by atoms with Gasteiger partial charge in [-0.15, -0.1) is 0 Å². The van der Waals surface area contributed by atoms with E-state index in [-0.39, 0.29) is 24.3 Å². The molecule has 2 fully saturated rings. The summed E-state index contributed by atoms with van der Waals surface area (Å²) in [5, 5.41) is 9.83. The van der Waals surface area contributed by atoms with E-state index >= 15 is 0 Å². The Balaban J connectivity index is 1.75. The van der Waals surface area contributed by atoms with Crippen LogP contribution in [-0.4, -0.2) is 50.9 Å². The van der Waals surface area contributed by atoms with Crippen molar-refractivity contribution in [1.82, 2.24) is 4.72 Å². The lowest BCUT2D eigenvalue weighted by Crippen LogP contribution is -2.53. The zero-order valence-electron chi connectivity index (χ0n) is 13.6. The average molecular weight is 353 g/mol. The largest absolute Gasteiger partial charge is 0.391 e. The molecule has 2 atom stereocenters. The Morgan fingerprint density at radius 3 is 2.50 bits per heavy atom. The molecule has 1 saturated carbocycles. The van der Waals surface area contributed by atoms with Crippen LogP contribution in [0.1, 0.15) is 24.8 Å². The van der Waals surface area contributed by atoms with Crippen molar-refractivity contribution in [2.75, 3.05) is 24.2 Å². The molecule has 3 rings (SSSR count). The number of amides is 1. The number of nitrogens with one attached hydrogen (secondary N) is 1. The van der Waals surface area contributed by atoms with Crippen LogP contribution in [0.15, 0.2) is 24.3 Å².